The van der Waals surface area contributed by atoms with E-state index >= 15 is 0 Å². The summed E-state index contributed by atoms with van der Waals surface area (Å²) in [4.78, 5) is 15.5. The van der Waals surface area contributed by atoms with E-state index in [4.69, 9.17) is 5.26 Å². The van der Waals surface area contributed by atoms with Gasteiger partial charge in [0.05, 0.1) is 23.1 Å². The summed E-state index contributed by atoms with van der Waals surface area (Å²) in [6.07, 6.45) is 0.677. The highest BCUT2D eigenvalue weighted by molar-refractivity contribution is 7.89. The van der Waals surface area contributed by atoms with Crippen LogP contribution in [0.3, 0.4) is 0 Å². The Labute approximate surface area is 143 Å². The van der Waals surface area contributed by atoms with E-state index in [0.717, 1.165) is 0 Å². The number of carbonyl (C=O) groups is 1. The van der Waals surface area contributed by atoms with Gasteiger partial charge in [0.2, 0.25) is 15.9 Å². The van der Waals surface area contributed by atoms with Crippen molar-refractivity contribution in [2.24, 2.45) is 0 Å². The fourth-order valence-corrected chi connectivity index (χ4v) is 4.00. The van der Waals surface area contributed by atoms with Crippen LogP contribution in [0.2, 0.25) is 0 Å². The van der Waals surface area contributed by atoms with Crippen LogP contribution in [0.1, 0.15) is 12.0 Å². The van der Waals surface area contributed by atoms with Gasteiger partial charge < -0.3 is 4.90 Å². The van der Waals surface area contributed by atoms with Crippen LogP contribution in [-0.2, 0) is 14.8 Å². The highest BCUT2D eigenvalue weighted by atomic mass is 32.2. The molecule has 7 nitrogen and oxygen atoms in total. The first-order valence-corrected chi connectivity index (χ1v) is 9.21. The fourth-order valence-electron chi connectivity index (χ4n) is 2.53. The van der Waals surface area contributed by atoms with E-state index < -0.39 is 10.0 Å². The Balaban J connectivity index is 2.06. The second-order valence-electron chi connectivity index (χ2n) is 5.96. The standard InChI is InChI=1S/C16H22N4O3S/c1-18(2)16(21)13-19-8-3-9-20(11-10-19)24(22,23)15-6-4-14(12-17)5-7-15/h4-7H,3,8-11,13H2,1-2H3. The zero-order chi connectivity index (χ0) is 17.7. The third-order valence-corrected chi connectivity index (χ3v) is 5.94. The maximum absolute atomic E-state index is 12.7. The monoisotopic (exact) mass is 350 g/mol. The SMILES string of the molecule is CN(C)C(=O)CN1CCCN(S(=O)(=O)c2ccc(C#N)cc2)CC1. The lowest BCUT2D eigenvalue weighted by Crippen LogP contribution is -2.39. The van der Waals surface area contributed by atoms with Crippen molar-refractivity contribution in [3.63, 3.8) is 0 Å². The van der Waals surface area contributed by atoms with Gasteiger partial charge in [-0.1, -0.05) is 0 Å². The molecule has 0 aliphatic carbocycles. The topological polar surface area (TPSA) is 84.7 Å². The van der Waals surface area contributed by atoms with Crippen molar-refractivity contribution in [3.8, 4) is 6.07 Å². The number of nitriles is 1. The van der Waals surface area contributed by atoms with Crippen LogP contribution >= 0.6 is 0 Å². The van der Waals surface area contributed by atoms with E-state index in [-0.39, 0.29) is 10.8 Å². The van der Waals surface area contributed by atoms with Crippen molar-refractivity contribution >= 4 is 15.9 Å². The minimum absolute atomic E-state index is 0.0124. The van der Waals surface area contributed by atoms with Crippen LogP contribution in [0.5, 0.6) is 0 Å². The first kappa shape index (κ1) is 18.4. The van der Waals surface area contributed by atoms with E-state index in [1.54, 1.807) is 14.1 Å². The molecule has 2 rings (SSSR count). The van der Waals surface area contributed by atoms with E-state index in [0.29, 0.717) is 44.7 Å². The molecule has 0 unspecified atom stereocenters. The summed E-state index contributed by atoms with van der Waals surface area (Å²) in [6, 6.07) is 7.92. The average Bonchev–Trinajstić information content (AvgIpc) is 2.81. The predicted octanol–water partition coefficient (Wildman–Crippen LogP) is 0.343. The van der Waals surface area contributed by atoms with E-state index in [1.165, 1.54) is 33.5 Å². The van der Waals surface area contributed by atoms with Gasteiger partial charge in [-0.25, -0.2) is 8.42 Å². The second kappa shape index (κ2) is 7.75. The minimum atomic E-state index is -3.58. The Morgan fingerprint density at radius 2 is 1.83 bits per heavy atom. The summed E-state index contributed by atoms with van der Waals surface area (Å²) < 4.78 is 26.9. The van der Waals surface area contributed by atoms with Crippen molar-refractivity contribution < 1.29 is 13.2 Å². The zero-order valence-corrected chi connectivity index (χ0v) is 14.8. The van der Waals surface area contributed by atoms with Crippen molar-refractivity contribution in [2.45, 2.75) is 11.3 Å². The van der Waals surface area contributed by atoms with Gasteiger partial charge in [0.15, 0.2) is 0 Å². The van der Waals surface area contributed by atoms with Crippen LogP contribution in [-0.4, -0.2) is 75.2 Å². The summed E-state index contributed by atoms with van der Waals surface area (Å²) in [5.41, 5.74) is 0.429. The lowest BCUT2D eigenvalue weighted by molar-refractivity contribution is -0.129. The van der Waals surface area contributed by atoms with Gasteiger partial charge in [-0.05, 0) is 37.2 Å². The van der Waals surface area contributed by atoms with Gasteiger partial charge in [-0.15, -0.1) is 0 Å². The number of likely N-dealkylation sites (N-methyl/N-ethyl adjacent to an activating group) is 1. The van der Waals surface area contributed by atoms with Crippen LogP contribution in [0.15, 0.2) is 29.2 Å². The van der Waals surface area contributed by atoms with Crippen LogP contribution in [0.25, 0.3) is 0 Å². The van der Waals surface area contributed by atoms with E-state index in [1.807, 2.05) is 11.0 Å². The second-order valence-corrected chi connectivity index (χ2v) is 7.90. The molecule has 1 aliphatic rings. The third-order valence-electron chi connectivity index (χ3n) is 4.03. The maximum Gasteiger partial charge on any atom is 0.243 e. The molecular weight excluding hydrogens is 328 g/mol. The van der Waals surface area contributed by atoms with E-state index in [9.17, 15) is 13.2 Å². The van der Waals surface area contributed by atoms with Gasteiger partial charge in [0.1, 0.15) is 0 Å². The quantitative estimate of drug-likeness (QED) is 0.782. The molecule has 1 fully saturated rings. The van der Waals surface area contributed by atoms with Gasteiger partial charge >= 0.3 is 0 Å². The van der Waals surface area contributed by atoms with Gasteiger partial charge in [0, 0.05) is 33.7 Å². The molecule has 130 valence electrons. The molecule has 0 saturated carbocycles. The molecule has 0 spiro atoms. The molecule has 0 atom stereocenters. The Morgan fingerprint density at radius 1 is 1.17 bits per heavy atom. The summed E-state index contributed by atoms with van der Waals surface area (Å²) in [5, 5.41) is 8.81. The third kappa shape index (κ3) is 4.32. The van der Waals surface area contributed by atoms with Crippen LogP contribution in [0.4, 0.5) is 0 Å². The molecule has 1 amide bonds. The normalized spacial score (nSPS) is 17.0. The molecule has 1 heterocycles. The smallest absolute Gasteiger partial charge is 0.243 e. The van der Waals surface area contributed by atoms with Crippen molar-refractivity contribution in [3.05, 3.63) is 29.8 Å². The Hall–Kier alpha value is -1.95. The molecule has 0 N–H and O–H groups in total. The summed E-state index contributed by atoms with van der Waals surface area (Å²) in [6.45, 7) is 2.30. The first-order chi connectivity index (χ1) is 11.3. The number of carbonyl (C=O) groups excluding carboxylic acids is 1. The number of hydrogen-bond donors (Lipinski definition) is 0. The Kier molecular flexibility index (Phi) is 5.94. The Bertz CT molecular complexity index is 723. The molecular formula is C16H22N4O3S. The molecule has 0 aromatic heterocycles. The summed E-state index contributed by atoms with van der Waals surface area (Å²) in [5.74, 6) is 0.0124. The molecule has 1 saturated heterocycles. The largest absolute Gasteiger partial charge is 0.348 e. The van der Waals surface area contributed by atoms with Crippen LogP contribution < -0.4 is 0 Å². The number of amides is 1. The number of hydrogen-bond acceptors (Lipinski definition) is 5. The summed E-state index contributed by atoms with van der Waals surface area (Å²) >= 11 is 0. The maximum atomic E-state index is 12.7. The molecule has 24 heavy (non-hydrogen) atoms. The highest BCUT2D eigenvalue weighted by Crippen LogP contribution is 2.18. The van der Waals surface area contributed by atoms with E-state index in [2.05, 4.69) is 0 Å². The first-order valence-electron chi connectivity index (χ1n) is 7.77. The molecule has 1 aromatic carbocycles. The lowest BCUT2D eigenvalue weighted by atomic mass is 10.2. The zero-order valence-electron chi connectivity index (χ0n) is 14.0. The summed E-state index contributed by atoms with van der Waals surface area (Å²) in [7, 11) is -0.156. The number of rotatable bonds is 4. The van der Waals surface area contributed by atoms with Gasteiger partial charge in [-0.2, -0.15) is 9.57 Å². The fraction of sp³-hybridized carbons (Fsp3) is 0.500. The van der Waals surface area contributed by atoms with Crippen molar-refractivity contribution in [2.75, 3.05) is 46.8 Å². The number of sulfonamides is 1. The van der Waals surface area contributed by atoms with Crippen molar-refractivity contribution in [1.29, 1.82) is 5.26 Å². The van der Waals surface area contributed by atoms with Gasteiger partial charge in [0.25, 0.3) is 0 Å². The molecule has 1 aromatic rings. The molecule has 0 bridgehead atoms. The molecule has 0 radical (unpaired) electrons. The molecule has 8 heteroatoms. The average molecular weight is 350 g/mol. The van der Waals surface area contributed by atoms with Gasteiger partial charge in [-0.3, -0.25) is 9.69 Å². The minimum Gasteiger partial charge on any atom is -0.348 e. The number of benzene rings is 1. The highest BCUT2D eigenvalue weighted by Gasteiger charge is 2.27. The predicted molar refractivity (Wildman–Crippen MR) is 89.7 cm³/mol. The Morgan fingerprint density at radius 3 is 2.42 bits per heavy atom. The molecule has 1 aliphatic heterocycles. The van der Waals surface area contributed by atoms with Crippen LogP contribution in [0, 0.1) is 11.3 Å². The number of nitrogens with zero attached hydrogens (tertiary/aromatic N) is 4. The lowest BCUT2D eigenvalue weighted by Gasteiger charge is -2.22. The van der Waals surface area contributed by atoms with Crippen molar-refractivity contribution in [1.82, 2.24) is 14.1 Å².